The Morgan fingerprint density at radius 1 is 0.0857 bits per heavy atom. The fourth-order valence-corrected chi connectivity index (χ4v) is 148. The number of thiol groups is 8. The van der Waals surface area contributed by atoms with Crippen LogP contribution in [0.1, 0.15) is 7.43 Å². The molecule has 0 radical (unpaired) electrons. The van der Waals surface area contributed by atoms with Crippen LogP contribution in [0.15, 0.2) is 0 Å². The molecule has 0 fully saturated rings. The average Bonchev–Trinajstić information content (AvgIpc) is 3.36. The first-order valence-corrected chi connectivity index (χ1v) is 98.6. The van der Waals surface area contributed by atoms with Gasteiger partial charge in [-0.3, -0.25) is 0 Å². The molecule has 0 aliphatic rings. The Morgan fingerprint density at radius 3 is 0.186 bits per heavy atom. The maximum Gasteiger partial charge on any atom is 0 e. The first-order valence-electron chi connectivity index (χ1n) is 11.0. The quantitative estimate of drug-likeness (QED) is 0.0165. The third-order valence-corrected chi connectivity index (χ3v) is 130. The molecule has 0 aromatic heterocycles. The fraction of sp³-hybridized carbons (Fsp3) is 1.00. The molecule has 0 nitrogen and oxygen atoms in total. The lowest BCUT2D eigenvalue weighted by Crippen LogP contribution is -1.34. The van der Waals surface area contributed by atoms with Crippen LogP contribution in [0.3, 0.4) is 0 Å². The van der Waals surface area contributed by atoms with Crippen LogP contribution >= 0.6 is 693 Å². The minimum Gasteiger partial charge on any atom is -0.0988 e. The molecule has 70 heavy (non-hydrogen) atoms. The van der Waals surface area contributed by atoms with Gasteiger partial charge in [-0.05, 0) is 501 Å². The monoisotopic (exact) mass is 2230 g/mol. The number of hydrogen-bond acceptors (Lipinski definition) is 69. The predicted molar refractivity (Wildman–Crippen MR) is 542 cm³/mol. The molecule has 0 aromatic rings. The molecule has 69 heteroatoms. The van der Waals surface area contributed by atoms with Crippen molar-refractivity contribution in [3.8, 4) is 0 Å². The molecule has 0 saturated heterocycles. The second-order valence-electron chi connectivity index (χ2n) is 4.20. The highest BCUT2D eigenvalue weighted by Crippen LogP contribution is 2.68. The highest BCUT2D eigenvalue weighted by Gasteiger charge is 2.03. The minimum absolute atomic E-state index is 0. The summed E-state index contributed by atoms with van der Waals surface area (Å²) in [7, 11) is 106. The Balaban J connectivity index is -0.000000294. The van der Waals surface area contributed by atoms with E-state index in [4.69, 9.17) is 0 Å². The smallest absolute Gasteiger partial charge is 0 e. The van der Waals surface area contributed by atoms with Crippen molar-refractivity contribution >= 4 is 693 Å². The Kier molecular flexibility index (Phi) is 160. The van der Waals surface area contributed by atoms with Gasteiger partial charge in [0.25, 0.3) is 0 Å². The molecule has 0 amide bonds. The van der Waals surface area contributed by atoms with Crippen molar-refractivity contribution in [1.29, 1.82) is 0 Å². The van der Waals surface area contributed by atoms with Crippen molar-refractivity contribution in [1.82, 2.24) is 0 Å². The Bertz CT molecular complexity index is 639. The summed E-state index contributed by atoms with van der Waals surface area (Å²) in [5, 5.41) is 0. The third-order valence-electron chi connectivity index (χ3n) is 1.60. The summed E-state index contributed by atoms with van der Waals surface area (Å²) in [6.07, 6.45) is 0. The molecular formula is CH12S69. The topological polar surface area (TPSA) is 0 Å². The van der Waals surface area contributed by atoms with Crippen LogP contribution in [0.25, 0.3) is 0 Å². The van der Waals surface area contributed by atoms with Crippen molar-refractivity contribution in [3.63, 3.8) is 0 Å². The summed E-state index contributed by atoms with van der Waals surface area (Å²) < 4.78 is 0. The van der Waals surface area contributed by atoms with Crippen molar-refractivity contribution in [3.05, 3.63) is 0 Å². The van der Waals surface area contributed by atoms with E-state index in [1.54, 1.807) is 373 Å². The molecule has 0 aliphatic heterocycles. The Labute approximate surface area is 681 Å². The molecule has 0 saturated carbocycles. The van der Waals surface area contributed by atoms with Gasteiger partial charge in [0.2, 0.25) is 0 Å². The van der Waals surface area contributed by atoms with Gasteiger partial charge < -0.3 is 0 Å². The highest BCUT2D eigenvalue weighted by atomic mass is 34.1. The molecule has 0 heterocycles. The van der Waals surface area contributed by atoms with Crippen LogP contribution in [0.2, 0.25) is 0 Å². The van der Waals surface area contributed by atoms with E-state index in [-0.39, 0.29) is 7.43 Å². The van der Waals surface area contributed by atoms with E-state index in [1.165, 1.54) is 88.4 Å². The van der Waals surface area contributed by atoms with E-state index in [0.29, 0.717) is 0 Å². The van der Waals surface area contributed by atoms with Crippen molar-refractivity contribution in [2.45, 2.75) is 7.43 Å². The van der Waals surface area contributed by atoms with E-state index < -0.39 is 0 Å². The molecule has 430 valence electrons. The zero-order valence-corrected chi connectivity index (χ0v) is 85.4. The predicted octanol–water partition coefficient (Wildman–Crippen LogP) is 43.2. The second kappa shape index (κ2) is 109. The molecule has 0 spiro atoms. The Hall–Kier alpha value is 24.2. The van der Waals surface area contributed by atoms with Gasteiger partial charge in [0.05, 0.1) is 0 Å². The molecule has 0 aliphatic carbocycles. The van der Waals surface area contributed by atoms with Crippen molar-refractivity contribution in [2.75, 3.05) is 0 Å². The van der Waals surface area contributed by atoms with E-state index in [0.717, 1.165) is 0 Å². The van der Waals surface area contributed by atoms with Gasteiger partial charge >= 0.3 is 0 Å². The van der Waals surface area contributed by atoms with Gasteiger partial charge in [-0.15, -0.1) is 0 Å². The molecule has 0 aromatic carbocycles. The Morgan fingerprint density at radius 2 is 0.143 bits per heavy atom. The van der Waals surface area contributed by atoms with Gasteiger partial charge in [-0.25, -0.2) is 0 Å². The van der Waals surface area contributed by atoms with Crippen LogP contribution in [-0.2, 0) is 0 Å². The van der Waals surface area contributed by atoms with Gasteiger partial charge in [0.1, 0.15) is 0 Å². The van der Waals surface area contributed by atoms with Gasteiger partial charge in [0.15, 0.2) is 0 Å². The summed E-state index contributed by atoms with van der Waals surface area (Å²) >= 11 is 31.9. The van der Waals surface area contributed by atoms with Crippen LogP contribution in [0, 0.1) is 0 Å². The molecular weight excluding hydrogens is 2220 g/mol. The summed E-state index contributed by atoms with van der Waals surface area (Å²) in [6.45, 7) is 0. The largest absolute Gasteiger partial charge is 0.0988 e. The van der Waals surface area contributed by atoms with Crippen LogP contribution in [0.5, 0.6) is 0 Å². The zero-order valence-electron chi connectivity index (χ0n) is 28.5. The van der Waals surface area contributed by atoms with Crippen LogP contribution in [-0.4, -0.2) is 0 Å². The normalized spacial score (nSPS) is 10.8. The van der Waals surface area contributed by atoms with Crippen molar-refractivity contribution < 1.29 is 0 Å². The van der Waals surface area contributed by atoms with Crippen LogP contribution in [0.4, 0.5) is 0 Å². The summed E-state index contributed by atoms with van der Waals surface area (Å²) in [5.41, 5.74) is 0. The molecule has 0 atom stereocenters. The van der Waals surface area contributed by atoms with E-state index in [9.17, 15) is 0 Å². The lowest BCUT2D eigenvalue weighted by Gasteiger charge is -1.99. The van der Waals surface area contributed by atoms with Gasteiger partial charge in [0, 0.05) is 98.3 Å². The van der Waals surface area contributed by atoms with Crippen LogP contribution < -0.4 is 0 Å². The lowest BCUT2D eigenvalue weighted by atomic mass is 12.0. The summed E-state index contributed by atoms with van der Waals surface area (Å²) in [4.78, 5) is 0. The van der Waals surface area contributed by atoms with Crippen molar-refractivity contribution in [2.24, 2.45) is 0 Å². The third kappa shape index (κ3) is 116. The molecule has 0 rings (SSSR count). The SMILES string of the molecule is C.SSSSS.SSSSSSSSSSSSSSSSSS.SSSSSSSSSSSSSSSSSS.SSSSSSSSSSSSSSSSSSSSSSSSSSSS. The maximum absolute atomic E-state index is 4.07. The first-order chi connectivity index (χ1) is 34.2. The summed E-state index contributed by atoms with van der Waals surface area (Å²) in [5.74, 6) is 0. The average molecular weight is 2240 g/mol. The van der Waals surface area contributed by atoms with Gasteiger partial charge in [-0.1, -0.05) is 101 Å². The maximum atomic E-state index is 4.07. The molecule has 0 bridgehead atoms. The highest BCUT2D eigenvalue weighted by molar-refractivity contribution is 9.63. The molecule has 0 N–H and O–H groups in total. The molecule has 0 unspecified atom stereocenters. The zero-order chi connectivity index (χ0) is 51.1. The second-order valence-corrected chi connectivity index (χ2v) is 113. The summed E-state index contributed by atoms with van der Waals surface area (Å²) in [6, 6.07) is 0. The van der Waals surface area contributed by atoms with Gasteiger partial charge in [-0.2, -0.15) is 0 Å². The first kappa shape index (κ1) is 103. The van der Waals surface area contributed by atoms with E-state index in [1.807, 2.05) is 138 Å². The number of hydrogen-bond donors (Lipinski definition) is 8. The fourth-order valence-electron chi connectivity index (χ4n) is 0.610. The number of rotatable bonds is 57. The standard InChI is InChI=1S/CH4.H2S28.2H2S18.H2S5/c;1-3-5-7-9-11-13-15-17-19-21-23-25-27-28-26-24-22-20-18-16-14-12-10-8-6-4-2;2*1-3-5-7-9-11-13-15-17-18-16-14-12-10-8-6-4-2;1-3-5-4-2/h1H4;1-2H;2*1-2H;1-2H. The van der Waals surface area contributed by atoms with E-state index in [2.05, 4.69) is 93.3 Å². The lowest BCUT2D eigenvalue weighted by molar-refractivity contribution is 2.50. The minimum atomic E-state index is 0. The van der Waals surface area contributed by atoms with E-state index >= 15 is 0 Å².